The number of hydrogen-bond acceptors (Lipinski definition) is 6. The molecule has 26 heavy (non-hydrogen) atoms. The summed E-state index contributed by atoms with van der Waals surface area (Å²) in [6, 6.07) is 14.3. The molecule has 1 N–H and O–H groups in total. The fourth-order valence-corrected chi connectivity index (χ4v) is 3.20. The van der Waals surface area contributed by atoms with Crippen LogP contribution in [0.5, 0.6) is 0 Å². The Morgan fingerprint density at radius 1 is 1.15 bits per heavy atom. The summed E-state index contributed by atoms with van der Waals surface area (Å²) >= 11 is 1.26. The van der Waals surface area contributed by atoms with Crippen LogP contribution in [-0.4, -0.2) is 45.4 Å². The number of hydrogen-bond donors (Lipinski definition) is 1. The summed E-state index contributed by atoms with van der Waals surface area (Å²) in [7, 11) is 1.31. The second kappa shape index (κ2) is 8.48. The van der Waals surface area contributed by atoms with E-state index in [1.807, 2.05) is 54.7 Å². The molecule has 0 aliphatic rings. The molecule has 0 aliphatic carbocycles. The van der Waals surface area contributed by atoms with E-state index in [4.69, 9.17) is 4.74 Å². The summed E-state index contributed by atoms with van der Waals surface area (Å²) in [6.45, 7) is 0. The van der Waals surface area contributed by atoms with Crippen molar-refractivity contribution in [1.82, 2.24) is 19.9 Å². The first-order valence-electron chi connectivity index (χ1n) is 8.01. The number of esters is 1. The van der Waals surface area contributed by atoms with Gasteiger partial charge in [0.15, 0.2) is 10.8 Å². The van der Waals surface area contributed by atoms with E-state index in [9.17, 15) is 9.59 Å². The average molecular weight is 370 g/mol. The van der Waals surface area contributed by atoms with Crippen LogP contribution in [0.25, 0.3) is 5.65 Å². The van der Waals surface area contributed by atoms with Crippen LogP contribution in [-0.2, 0) is 20.7 Å². The summed E-state index contributed by atoms with van der Waals surface area (Å²) < 4.78 is 6.61. The second-order valence-corrected chi connectivity index (χ2v) is 6.48. The Balaban J connectivity index is 1.61. The highest BCUT2D eigenvalue weighted by atomic mass is 32.2. The number of thioether (sulfide) groups is 1. The van der Waals surface area contributed by atoms with Crippen LogP contribution >= 0.6 is 11.8 Å². The first-order chi connectivity index (χ1) is 12.7. The fourth-order valence-electron chi connectivity index (χ4n) is 2.47. The molecule has 2 aromatic heterocycles. The molecule has 1 atom stereocenters. The Morgan fingerprint density at radius 2 is 1.92 bits per heavy atom. The Hall–Kier alpha value is -2.87. The van der Waals surface area contributed by atoms with E-state index < -0.39 is 12.0 Å². The van der Waals surface area contributed by atoms with Crippen molar-refractivity contribution in [3.8, 4) is 0 Å². The minimum absolute atomic E-state index is 0.123. The molecule has 0 aliphatic heterocycles. The fraction of sp³-hybridized carbons (Fsp3) is 0.222. The van der Waals surface area contributed by atoms with Crippen molar-refractivity contribution in [3.05, 3.63) is 60.3 Å². The Kier molecular flexibility index (Phi) is 5.85. The molecule has 0 radical (unpaired) electrons. The van der Waals surface area contributed by atoms with Crippen LogP contribution in [0.2, 0.25) is 0 Å². The minimum Gasteiger partial charge on any atom is -0.467 e. The van der Waals surface area contributed by atoms with Crippen LogP contribution in [0.4, 0.5) is 0 Å². The summed E-state index contributed by atoms with van der Waals surface area (Å²) in [5.41, 5.74) is 1.66. The Morgan fingerprint density at radius 3 is 2.69 bits per heavy atom. The smallest absolute Gasteiger partial charge is 0.328 e. The van der Waals surface area contributed by atoms with E-state index in [1.165, 1.54) is 18.9 Å². The highest BCUT2D eigenvalue weighted by Gasteiger charge is 2.22. The number of benzene rings is 1. The molecule has 0 bridgehead atoms. The number of aromatic nitrogens is 3. The Bertz CT molecular complexity index is 898. The third-order valence-electron chi connectivity index (χ3n) is 3.72. The quantitative estimate of drug-likeness (QED) is 0.503. The van der Waals surface area contributed by atoms with Gasteiger partial charge < -0.3 is 10.1 Å². The number of rotatable bonds is 7. The molecule has 2 heterocycles. The van der Waals surface area contributed by atoms with E-state index in [2.05, 4.69) is 15.5 Å². The first-order valence-corrected chi connectivity index (χ1v) is 8.99. The van der Waals surface area contributed by atoms with Crippen LogP contribution < -0.4 is 5.32 Å². The van der Waals surface area contributed by atoms with Crippen molar-refractivity contribution in [1.29, 1.82) is 0 Å². The van der Waals surface area contributed by atoms with Gasteiger partial charge in [-0.2, -0.15) is 0 Å². The summed E-state index contributed by atoms with van der Waals surface area (Å²) in [6.07, 6.45) is 2.21. The third kappa shape index (κ3) is 4.40. The number of carbonyl (C=O) groups is 2. The van der Waals surface area contributed by atoms with Crippen molar-refractivity contribution in [3.63, 3.8) is 0 Å². The van der Waals surface area contributed by atoms with Gasteiger partial charge in [-0.05, 0) is 17.7 Å². The van der Waals surface area contributed by atoms with E-state index in [1.54, 1.807) is 4.40 Å². The lowest BCUT2D eigenvalue weighted by molar-refractivity contribution is -0.144. The molecule has 3 rings (SSSR count). The molecule has 0 saturated heterocycles. The Labute approximate surface area is 154 Å². The van der Waals surface area contributed by atoms with Gasteiger partial charge in [-0.25, -0.2) is 4.79 Å². The molecule has 1 amide bonds. The van der Waals surface area contributed by atoms with Gasteiger partial charge in [-0.15, -0.1) is 10.2 Å². The molecule has 3 aromatic rings. The van der Waals surface area contributed by atoms with E-state index >= 15 is 0 Å². The molecule has 0 fully saturated rings. The lowest BCUT2D eigenvalue weighted by atomic mass is 10.1. The monoisotopic (exact) mass is 370 g/mol. The summed E-state index contributed by atoms with van der Waals surface area (Å²) in [5, 5.41) is 11.5. The van der Waals surface area contributed by atoms with Crippen molar-refractivity contribution in [2.75, 3.05) is 12.9 Å². The lowest BCUT2D eigenvalue weighted by Gasteiger charge is -2.16. The molecule has 8 heteroatoms. The largest absolute Gasteiger partial charge is 0.467 e. The zero-order valence-corrected chi connectivity index (χ0v) is 15.0. The van der Waals surface area contributed by atoms with Crippen molar-refractivity contribution < 1.29 is 14.3 Å². The number of ether oxygens (including phenoxy) is 1. The third-order valence-corrected chi connectivity index (χ3v) is 4.66. The zero-order valence-electron chi connectivity index (χ0n) is 14.2. The highest BCUT2D eigenvalue weighted by Crippen LogP contribution is 2.16. The van der Waals surface area contributed by atoms with Crippen LogP contribution in [0, 0.1) is 0 Å². The molecule has 7 nitrogen and oxygen atoms in total. The van der Waals surface area contributed by atoms with Crippen molar-refractivity contribution in [2.45, 2.75) is 17.6 Å². The second-order valence-electron chi connectivity index (χ2n) is 5.53. The SMILES string of the molecule is COC(=O)[C@@H](Cc1ccccc1)NC(=O)CSc1nnc2ccccn12. The highest BCUT2D eigenvalue weighted by molar-refractivity contribution is 7.99. The van der Waals surface area contributed by atoms with Gasteiger partial charge in [0.05, 0.1) is 12.9 Å². The van der Waals surface area contributed by atoms with E-state index in [0.717, 1.165) is 5.56 Å². The first kappa shape index (κ1) is 17.9. The van der Waals surface area contributed by atoms with Crippen molar-refractivity contribution in [2.24, 2.45) is 0 Å². The maximum absolute atomic E-state index is 12.3. The molecular weight excluding hydrogens is 352 g/mol. The molecule has 1 aromatic carbocycles. The van der Waals surface area contributed by atoms with Crippen LogP contribution in [0.3, 0.4) is 0 Å². The van der Waals surface area contributed by atoms with Crippen LogP contribution in [0.15, 0.2) is 59.9 Å². The summed E-state index contributed by atoms with van der Waals surface area (Å²) in [4.78, 5) is 24.3. The topological polar surface area (TPSA) is 85.6 Å². The number of nitrogens with one attached hydrogen (secondary N) is 1. The zero-order chi connectivity index (χ0) is 18.4. The molecule has 0 saturated carbocycles. The molecule has 0 spiro atoms. The number of nitrogens with zero attached hydrogens (tertiary/aromatic N) is 3. The number of carbonyl (C=O) groups excluding carboxylic acids is 2. The van der Waals surface area contributed by atoms with E-state index in [-0.39, 0.29) is 11.7 Å². The normalized spacial score (nSPS) is 11.9. The van der Waals surface area contributed by atoms with Crippen molar-refractivity contribution >= 4 is 29.3 Å². The van der Waals surface area contributed by atoms with Gasteiger partial charge in [0.1, 0.15) is 6.04 Å². The van der Waals surface area contributed by atoms with Gasteiger partial charge in [0.25, 0.3) is 0 Å². The standard InChI is InChI=1S/C18H18N4O3S/c1-25-17(24)14(11-13-7-3-2-4-8-13)19-16(23)12-26-18-21-20-15-9-5-6-10-22(15)18/h2-10,14H,11-12H2,1H3,(H,19,23)/t14-/m1/s1. The predicted molar refractivity (Wildman–Crippen MR) is 97.8 cm³/mol. The number of pyridine rings is 1. The molecule has 134 valence electrons. The number of fused-ring (bicyclic) bond motifs is 1. The maximum Gasteiger partial charge on any atom is 0.328 e. The summed E-state index contributed by atoms with van der Waals surface area (Å²) in [5.74, 6) is -0.619. The van der Waals surface area contributed by atoms with Gasteiger partial charge in [-0.3, -0.25) is 9.20 Å². The van der Waals surface area contributed by atoms with Crippen LogP contribution in [0.1, 0.15) is 5.56 Å². The van der Waals surface area contributed by atoms with Gasteiger partial charge in [0, 0.05) is 12.6 Å². The van der Waals surface area contributed by atoms with E-state index in [0.29, 0.717) is 17.2 Å². The predicted octanol–water partition coefficient (Wildman–Crippen LogP) is 1.72. The minimum atomic E-state index is -0.731. The molecular formula is C18H18N4O3S. The number of methoxy groups -OCH3 is 1. The molecule has 0 unspecified atom stereocenters. The van der Waals surface area contributed by atoms with Gasteiger partial charge in [-0.1, -0.05) is 48.2 Å². The maximum atomic E-state index is 12.3. The number of amides is 1. The average Bonchev–Trinajstić information content (AvgIpc) is 3.09. The van der Waals surface area contributed by atoms with Gasteiger partial charge in [0.2, 0.25) is 5.91 Å². The lowest BCUT2D eigenvalue weighted by Crippen LogP contribution is -2.43. The van der Waals surface area contributed by atoms with Gasteiger partial charge >= 0.3 is 5.97 Å².